The van der Waals surface area contributed by atoms with Crippen molar-refractivity contribution in [1.29, 1.82) is 0 Å². The summed E-state index contributed by atoms with van der Waals surface area (Å²) in [5, 5.41) is 9.74. The molecule has 2 atom stereocenters. The first-order valence-corrected chi connectivity index (χ1v) is 5.37. The summed E-state index contributed by atoms with van der Waals surface area (Å²) in [6, 6.07) is 0. The summed E-state index contributed by atoms with van der Waals surface area (Å²) in [6.45, 7) is 8.56. The average Bonchev–Trinajstić information content (AvgIpc) is 2.26. The predicted molar refractivity (Wildman–Crippen MR) is 54.4 cm³/mol. The number of hydrogen-bond acceptors (Lipinski definition) is 4. The number of ether oxygens (including phenoxy) is 2. The fourth-order valence-corrected chi connectivity index (χ4v) is 1.60. The zero-order valence-corrected chi connectivity index (χ0v) is 9.11. The highest BCUT2D eigenvalue weighted by molar-refractivity contribution is 4.76. The first-order chi connectivity index (χ1) is 6.77. The molecular formula is C10H21NO3. The third-order valence-corrected chi connectivity index (χ3v) is 2.55. The summed E-state index contributed by atoms with van der Waals surface area (Å²) < 4.78 is 10.7. The quantitative estimate of drug-likeness (QED) is 0.688. The Morgan fingerprint density at radius 2 is 2.36 bits per heavy atom. The minimum Gasteiger partial charge on any atom is -0.388 e. The summed E-state index contributed by atoms with van der Waals surface area (Å²) >= 11 is 0. The van der Waals surface area contributed by atoms with E-state index in [0.29, 0.717) is 19.8 Å². The van der Waals surface area contributed by atoms with Gasteiger partial charge in [0.1, 0.15) is 6.10 Å². The number of likely N-dealkylation sites (N-methyl/N-ethyl adjacent to an activating group) is 1. The molecule has 2 unspecified atom stereocenters. The number of morpholine rings is 1. The summed E-state index contributed by atoms with van der Waals surface area (Å²) in [6.07, 6.45) is -0.584. The van der Waals surface area contributed by atoms with Crippen molar-refractivity contribution in [3.05, 3.63) is 0 Å². The zero-order chi connectivity index (χ0) is 10.4. The third-order valence-electron chi connectivity index (χ3n) is 2.55. The first kappa shape index (κ1) is 11.9. The van der Waals surface area contributed by atoms with Gasteiger partial charge in [-0.1, -0.05) is 6.92 Å². The van der Waals surface area contributed by atoms with Crippen LogP contribution in [-0.4, -0.2) is 61.7 Å². The van der Waals surface area contributed by atoms with Crippen LogP contribution in [0.25, 0.3) is 0 Å². The van der Waals surface area contributed by atoms with Crippen molar-refractivity contribution in [1.82, 2.24) is 4.90 Å². The molecule has 1 N–H and O–H groups in total. The standard InChI is InChI=1S/C10H21NO3/c1-3-11-5-6-14-10(7-11)9(12)8-13-4-2/h9-10,12H,3-8H2,1-2H3. The molecule has 84 valence electrons. The summed E-state index contributed by atoms with van der Waals surface area (Å²) in [5.41, 5.74) is 0. The number of hydrogen-bond donors (Lipinski definition) is 1. The molecule has 4 heteroatoms. The maximum Gasteiger partial charge on any atom is 0.105 e. The van der Waals surface area contributed by atoms with E-state index in [1.54, 1.807) is 0 Å². The smallest absolute Gasteiger partial charge is 0.105 e. The molecule has 0 bridgehead atoms. The lowest BCUT2D eigenvalue weighted by Crippen LogP contribution is -2.48. The molecule has 14 heavy (non-hydrogen) atoms. The van der Waals surface area contributed by atoms with Crippen LogP contribution in [0.15, 0.2) is 0 Å². The molecule has 0 aliphatic carbocycles. The van der Waals surface area contributed by atoms with Gasteiger partial charge in [-0.2, -0.15) is 0 Å². The van der Waals surface area contributed by atoms with Crippen LogP contribution in [0.4, 0.5) is 0 Å². The van der Waals surface area contributed by atoms with Crippen LogP contribution in [0, 0.1) is 0 Å². The second-order valence-electron chi connectivity index (χ2n) is 3.53. The van der Waals surface area contributed by atoms with Gasteiger partial charge in [-0.3, -0.25) is 4.90 Å². The van der Waals surface area contributed by atoms with Crippen molar-refractivity contribution in [3.8, 4) is 0 Å². The van der Waals surface area contributed by atoms with Crippen molar-refractivity contribution in [2.75, 3.05) is 39.5 Å². The van der Waals surface area contributed by atoms with E-state index in [2.05, 4.69) is 11.8 Å². The summed E-state index contributed by atoms with van der Waals surface area (Å²) in [7, 11) is 0. The average molecular weight is 203 g/mol. The molecule has 0 spiro atoms. The molecule has 1 saturated heterocycles. The molecule has 1 aliphatic heterocycles. The third kappa shape index (κ3) is 3.53. The zero-order valence-electron chi connectivity index (χ0n) is 9.11. The Labute approximate surface area is 85.8 Å². The van der Waals surface area contributed by atoms with Gasteiger partial charge >= 0.3 is 0 Å². The Bertz CT molecular complexity index is 154. The Balaban J connectivity index is 2.27. The highest BCUT2D eigenvalue weighted by Gasteiger charge is 2.25. The molecule has 0 amide bonds. The van der Waals surface area contributed by atoms with Gasteiger partial charge in [0.25, 0.3) is 0 Å². The topological polar surface area (TPSA) is 41.9 Å². The number of aliphatic hydroxyl groups excluding tert-OH is 1. The lowest BCUT2D eigenvalue weighted by molar-refractivity contribution is -0.108. The minimum absolute atomic E-state index is 0.0877. The van der Waals surface area contributed by atoms with Crippen LogP contribution in [0.3, 0.4) is 0 Å². The monoisotopic (exact) mass is 203 g/mol. The van der Waals surface area contributed by atoms with Gasteiger partial charge in [0.2, 0.25) is 0 Å². The number of rotatable bonds is 5. The molecule has 0 saturated carbocycles. The highest BCUT2D eigenvalue weighted by Crippen LogP contribution is 2.09. The van der Waals surface area contributed by atoms with Crippen LogP contribution in [0.2, 0.25) is 0 Å². The van der Waals surface area contributed by atoms with E-state index in [4.69, 9.17) is 9.47 Å². The van der Waals surface area contributed by atoms with E-state index < -0.39 is 6.10 Å². The van der Waals surface area contributed by atoms with Crippen molar-refractivity contribution in [3.63, 3.8) is 0 Å². The molecule has 4 nitrogen and oxygen atoms in total. The fourth-order valence-electron chi connectivity index (χ4n) is 1.60. The lowest BCUT2D eigenvalue weighted by Gasteiger charge is -2.34. The van der Waals surface area contributed by atoms with Crippen LogP contribution in [0.5, 0.6) is 0 Å². The molecule has 1 rings (SSSR count). The summed E-state index contributed by atoms with van der Waals surface area (Å²) in [5.74, 6) is 0. The Morgan fingerprint density at radius 1 is 1.57 bits per heavy atom. The van der Waals surface area contributed by atoms with Gasteiger partial charge in [-0.25, -0.2) is 0 Å². The highest BCUT2D eigenvalue weighted by atomic mass is 16.5. The molecule has 1 aliphatic rings. The molecule has 1 heterocycles. The summed E-state index contributed by atoms with van der Waals surface area (Å²) in [4.78, 5) is 2.28. The first-order valence-electron chi connectivity index (χ1n) is 5.37. The van der Waals surface area contributed by atoms with Crippen LogP contribution in [-0.2, 0) is 9.47 Å². The van der Waals surface area contributed by atoms with Gasteiger partial charge < -0.3 is 14.6 Å². The minimum atomic E-state index is -0.496. The maximum absolute atomic E-state index is 9.74. The second-order valence-corrected chi connectivity index (χ2v) is 3.53. The van der Waals surface area contributed by atoms with E-state index in [1.165, 1.54) is 0 Å². The van der Waals surface area contributed by atoms with Crippen LogP contribution in [0.1, 0.15) is 13.8 Å². The van der Waals surface area contributed by atoms with Gasteiger partial charge in [-0.15, -0.1) is 0 Å². The maximum atomic E-state index is 9.74. The Kier molecular flexibility index (Phi) is 5.40. The number of aliphatic hydroxyl groups is 1. The van der Waals surface area contributed by atoms with Gasteiger partial charge in [0, 0.05) is 19.7 Å². The van der Waals surface area contributed by atoms with E-state index in [-0.39, 0.29) is 6.10 Å². The Hall–Kier alpha value is -0.160. The molecule has 0 radical (unpaired) electrons. The second kappa shape index (κ2) is 6.35. The normalized spacial score (nSPS) is 26.4. The van der Waals surface area contributed by atoms with Crippen LogP contribution < -0.4 is 0 Å². The van der Waals surface area contributed by atoms with E-state index in [9.17, 15) is 5.11 Å². The van der Waals surface area contributed by atoms with Crippen molar-refractivity contribution in [2.24, 2.45) is 0 Å². The van der Waals surface area contributed by atoms with Gasteiger partial charge in [0.05, 0.1) is 19.3 Å². The van der Waals surface area contributed by atoms with Crippen molar-refractivity contribution in [2.45, 2.75) is 26.1 Å². The van der Waals surface area contributed by atoms with E-state index in [1.807, 2.05) is 6.92 Å². The SMILES string of the molecule is CCOCC(O)C1CN(CC)CCO1. The van der Waals surface area contributed by atoms with Crippen molar-refractivity contribution < 1.29 is 14.6 Å². The largest absolute Gasteiger partial charge is 0.388 e. The molecule has 1 fully saturated rings. The van der Waals surface area contributed by atoms with Gasteiger partial charge in [0.15, 0.2) is 0 Å². The predicted octanol–water partition coefficient (Wildman–Crippen LogP) is 0.104. The molecule has 0 aromatic heterocycles. The number of nitrogens with zero attached hydrogens (tertiary/aromatic N) is 1. The van der Waals surface area contributed by atoms with E-state index in [0.717, 1.165) is 19.6 Å². The van der Waals surface area contributed by atoms with Gasteiger partial charge in [-0.05, 0) is 13.5 Å². The van der Waals surface area contributed by atoms with Crippen LogP contribution >= 0.6 is 0 Å². The molecule has 0 aromatic carbocycles. The van der Waals surface area contributed by atoms with E-state index >= 15 is 0 Å². The Morgan fingerprint density at radius 3 is 3.00 bits per heavy atom. The van der Waals surface area contributed by atoms with Crippen molar-refractivity contribution >= 4 is 0 Å². The lowest BCUT2D eigenvalue weighted by atomic mass is 10.1. The molecular weight excluding hydrogens is 182 g/mol. The molecule has 0 aromatic rings. The fraction of sp³-hybridized carbons (Fsp3) is 1.00.